The monoisotopic (exact) mass is 568 g/mol. The number of halogens is 3. The lowest BCUT2D eigenvalue weighted by atomic mass is 9.98. The third-order valence-electron chi connectivity index (χ3n) is 7.33. The molecule has 3 aliphatic rings. The second-order valence-electron chi connectivity index (χ2n) is 10.3. The number of hydrogen-bond acceptors (Lipinski definition) is 5. The minimum atomic E-state index is -1.76. The predicted octanol–water partition coefficient (Wildman–Crippen LogP) is 5.40. The largest absolute Gasteiger partial charge is 0.772 e. The van der Waals surface area contributed by atoms with Gasteiger partial charge in [-0.2, -0.15) is 0 Å². The molecular formula is C27H33Cl2FN3O3S-. The molecule has 1 saturated heterocycles. The number of benzene rings is 2. The van der Waals surface area contributed by atoms with E-state index in [9.17, 15) is 17.9 Å². The third kappa shape index (κ3) is 7.52. The summed E-state index contributed by atoms with van der Waals surface area (Å²) in [7, 11) is 0. The topological polar surface area (TPSA) is 89.7 Å². The molecule has 0 spiro atoms. The van der Waals surface area contributed by atoms with Crippen LogP contribution in [0.15, 0.2) is 30.3 Å². The first-order valence-corrected chi connectivity index (χ1v) is 14.6. The van der Waals surface area contributed by atoms with Crippen LogP contribution < -0.4 is 5.73 Å². The number of carbonyl (C=O) groups is 1. The lowest BCUT2D eigenvalue weighted by Gasteiger charge is -2.43. The van der Waals surface area contributed by atoms with Crippen molar-refractivity contribution < 1.29 is 17.9 Å². The third-order valence-corrected chi connectivity index (χ3v) is 8.78. The molecule has 10 heteroatoms. The fraction of sp³-hybridized carbons (Fsp3) is 0.519. The Morgan fingerprint density at radius 1 is 1.14 bits per heavy atom. The lowest BCUT2D eigenvalue weighted by molar-refractivity contribution is 0.0503. The van der Waals surface area contributed by atoms with E-state index in [1.54, 1.807) is 12.1 Å². The standard InChI is InChI=1S/C24H28Cl2FN3O.C3H6O2S/c1-14-12-29(5-6-30(14)15(2)17-7-19(25)10-20(26)8-17)13-18-9-23(27)22(24(28)31)11-21(18)16-3-4-16;4-6(5)3-1-2-3/h7-11,14-16H,3-6,12-13H2,1-2H3,(H2,28,31);3H,1-2H2,(H,4,5)/p-1/t14-,15-;/m0./s1. The molecule has 0 radical (unpaired) electrons. The van der Waals surface area contributed by atoms with Crippen molar-refractivity contribution in [1.82, 2.24) is 9.80 Å². The average molecular weight is 570 g/mol. The molecule has 1 aliphatic heterocycles. The van der Waals surface area contributed by atoms with Crippen molar-refractivity contribution in [1.29, 1.82) is 0 Å². The number of carbonyl (C=O) groups excluding carboxylic acids is 1. The van der Waals surface area contributed by atoms with Crippen molar-refractivity contribution in [2.75, 3.05) is 19.6 Å². The van der Waals surface area contributed by atoms with Gasteiger partial charge in [0.1, 0.15) is 5.82 Å². The molecule has 5 rings (SSSR count). The van der Waals surface area contributed by atoms with Gasteiger partial charge in [0.15, 0.2) is 0 Å². The van der Waals surface area contributed by atoms with Gasteiger partial charge in [0.05, 0.1) is 5.56 Å². The Labute approximate surface area is 230 Å². The fourth-order valence-electron chi connectivity index (χ4n) is 5.01. The van der Waals surface area contributed by atoms with E-state index in [0.717, 1.165) is 62.0 Å². The van der Waals surface area contributed by atoms with Crippen molar-refractivity contribution in [2.45, 2.75) is 69.3 Å². The van der Waals surface area contributed by atoms with Gasteiger partial charge in [0, 0.05) is 53.6 Å². The predicted molar refractivity (Wildman–Crippen MR) is 145 cm³/mol. The molecule has 37 heavy (non-hydrogen) atoms. The summed E-state index contributed by atoms with van der Waals surface area (Å²) >= 11 is 10.6. The normalized spacial score (nSPS) is 22.2. The zero-order valence-electron chi connectivity index (χ0n) is 21.1. The second-order valence-corrected chi connectivity index (χ2v) is 12.4. The Bertz CT molecular complexity index is 1160. The summed E-state index contributed by atoms with van der Waals surface area (Å²) in [6.45, 7) is 7.73. The van der Waals surface area contributed by atoms with Gasteiger partial charge in [-0.1, -0.05) is 34.3 Å². The van der Waals surface area contributed by atoms with Crippen LogP contribution in [0, 0.1) is 5.82 Å². The number of piperazine rings is 1. The van der Waals surface area contributed by atoms with Crippen LogP contribution in [0.4, 0.5) is 4.39 Å². The molecule has 3 fully saturated rings. The van der Waals surface area contributed by atoms with Gasteiger partial charge in [0.2, 0.25) is 0 Å². The summed E-state index contributed by atoms with van der Waals surface area (Å²) in [5, 5.41) is 1.31. The number of nitrogens with two attached hydrogens (primary N) is 1. The van der Waals surface area contributed by atoms with Gasteiger partial charge < -0.3 is 10.3 Å². The summed E-state index contributed by atoms with van der Waals surface area (Å²) in [5.74, 6) is -0.812. The van der Waals surface area contributed by atoms with Gasteiger partial charge in [-0.3, -0.25) is 18.8 Å². The van der Waals surface area contributed by atoms with E-state index in [1.807, 2.05) is 12.1 Å². The van der Waals surface area contributed by atoms with Crippen molar-refractivity contribution in [2.24, 2.45) is 5.73 Å². The fourth-order valence-corrected chi connectivity index (χ4v) is 6.07. The summed E-state index contributed by atoms with van der Waals surface area (Å²) in [5.41, 5.74) is 8.51. The van der Waals surface area contributed by atoms with E-state index in [2.05, 4.69) is 23.6 Å². The smallest absolute Gasteiger partial charge is 0.251 e. The molecule has 1 amide bonds. The Morgan fingerprint density at radius 3 is 2.27 bits per heavy atom. The number of nitrogens with zero attached hydrogens (tertiary/aromatic N) is 2. The summed E-state index contributed by atoms with van der Waals surface area (Å²) in [6, 6.07) is 9.41. The van der Waals surface area contributed by atoms with E-state index in [-0.39, 0.29) is 16.9 Å². The molecule has 3 atom stereocenters. The first kappa shape index (κ1) is 28.5. The molecule has 2 N–H and O–H groups in total. The van der Waals surface area contributed by atoms with Gasteiger partial charge in [-0.15, -0.1) is 0 Å². The van der Waals surface area contributed by atoms with E-state index in [4.69, 9.17) is 28.9 Å². The van der Waals surface area contributed by atoms with E-state index in [1.165, 1.54) is 6.07 Å². The number of hydrogen-bond donors (Lipinski definition) is 1. The van der Waals surface area contributed by atoms with Crippen molar-refractivity contribution in [3.63, 3.8) is 0 Å². The maximum absolute atomic E-state index is 14.5. The number of amides is 1. The van der Waals surface area contributed by atoms with Crippen LogP contribution in [0.2, 0.25) is 10.0 Å². The van der Waals surface area contributed by atoms with Crippen LogP contribution in [0.5, 0.6) is 0 Å². The van der Waals surface area contributed by atoms with Crippen LogP contribution in [0.25, 0.3) is 0 Å². The van der Waals surface area contributed by atoms with E-state index in [0.29, 0.717) is 28.5 Å². The first-order chi connectivity index (χ1) is 17.5. The van der Waals surface area contributed by atoms with Crippen LogP contribution in [-0.2, 0) is 17.6 Å². The van der Waals surface area contributed by atoms with Crippen molar-refractivity contribution in [3.8, 4) is 0 Å². The quantitative estimate of drug-likeness (QED) is 0.451. The minimum Gasteiger partial charge on any atom is -0.772 e. The van der Waals surface area contributed by atoms with Gasteiger partial charge >= 0.3 is 0 Å². The maximum Gasteiger partial charge on any atom is 0.251 e. The SMILES string of the molecule is C[C@H]1CN(Cc2cc(F)c(C(N)=O)cc2C2CC2)CCN1[C@@H](C)c1cc(Cl)cc(Cl)c1.O=S([O-])C1CC1. The van der Waals surface area contributed by atoms with Crippen molar-refractivity contribution >= 4 is 40.2 Å². The highest BCUT2D eigenvalue weighted by molar-refractivity contribution is 7.80. The number of rotatable bonds is 7. The molecule has 2 aromatic carbocycles. The molecule has 202 valence electrons. The average Bonchev–Trinajstić information content (AvgIpc) is 3.72. The van der Waals surface area contributed by atoms with Gasteiger partial charge in [0.25, 0.3) is 5.91 Å². The molecule has 2 aliphatic carbocycles. The van der Waals surface area contributed by atoms with Crippen LogP contribution >= 0.6 is 23.2 Å². The second kappa shape index (κ2) is 12.1. The Kier molecular flexibility index (Phi) is 9.30. The zero-order chi connectivity index (χ0) is 26.9. The summed E-state index contributed by atoms with van der Waals surface area (Å²) < 4.78 is 34.0. The van der Waals surface area contributed by atoms with Crippen molar-refractivity contribution in [3.05, 3.63) is 68.4 Å². The summed E-state index contributed by atoms with van der Waals surface area (Å²) in [6.07, 6.45) is 3.94. The molecule has 2 saturated carbocycles. The minimum absolute atomic E-state index is 0.00200. The van der Waals surface area contributed by atoms with Crippen LogP contribution in [0.1, 0.15) is 78.5 Å². The highest BCUT2D eigenvalue weighted by atomic mass is 35.5. The molecule has 6 nitrogen and oxygen atoms in total. The van der Waals surface area contributed by atoms with Crippen LogP contribution in [-0.4, -0.2) is 55.4 Å². The van der Waals surface area contributed by atoms with Crippen LogP contribution in [0.3, 0.4) is 0 Å². The molecular weight excluding hydrogens is 536 g/mol. The highest BCUT2D eigenvalue weighted by Gasteiger charge is 2.31. The molecule has 1 heterocycles. The molecule has 0 bridgehead atoms. The maximum atomic E-state index is 14.5. The number of primary amides is 1. The summed E-state index contributed by atoms with van der Waals surface area (Å²) in [4.78, 5) is 16.4. The Morgan fingerprint density at radius 2 is 1.78 bits per heavy atom. The van der Waals surface area contributed by atoms with E-state index < -0.39 is 22.8 Å². The zero-order valence-corrected chi connectivity index (χ0v) is 23.4. The Balaban J connectivity index is 0.000000469. The lowest BCUT2D eigenvalue weighted by Crippen LogP contribution is -2.52. The molecule has 2 aromatic rings. The first-order valence-electron chi connectivity index (χ1n) is 12.7. The highest BCUT2D eigenvalue weighted by Crippen LogP contribution is 2.43. The van der Waals surface area contributed by atoms with E-state index >= 15 is 0 Å². The molecule has 0 aromatic heterocycles. The Hall–Kier alpha value is -1.55. The van der Waals surface area contributed by atoms with Gasteiger partial charge in [-0.25, -0.2) is 4.39 Å². The molecule has 1 unspecified atom stereocenters. The van der Waals surface area contributed by atoms with Gasteiger partial charge in [-0.05, 0) is 92.5 Å².